The van der Waals surface area contributed by atoms with Crippen LogP contribution in [0.25, 0.3) is 0 Å². The number of ether oxygens (including phenoxy) is 1. The highest BCUT2D eigenvalue weighted by atomic mass is 127. The number of halogens is 3. The monoisotopic (exact) mass is 542 g/mol. The molecule has 0 radical (unpaired) electrons. The average Bonchev–Trinajstić information content (AvgIpc) is 2.19. The van der Waals surface area contributed by atoms with Crippen LogP contribution in [-0.4, -0.2) is 12.6 Å². The summed E-state index contributed by atoms with van der Waals surface area (Å²) in [6.45, 7) is 2.47. The van der Waals surface area contributed by atoms with Gasteiger partial charge in [0.25, 0.3) is 0 Å². The van der Waals surface area contributed by atoms with Crippen molar-refractivity contribution in [3.05, 3.63) is 28.4 Å². The van der Waals surface area contributed by atoms with Crippen LogP contribution >= 0.6 is 67.8 Å². The third-order valence-corrected chi connectivity index (χ3v) is 5.32. The lowest BCUT2D eigenvalue weighted by molar-refractivity contribution is 0.0503. The first-order valence-electron chi connectivity index (χ1n) is 4.38. The summed E-state index contributed by atoms with van der Waals surface area (Å²) < 4.78 is 8.23. The second kappa shape index (κ2) is 6.58. The molecule has 0 amide bonds. The Morgan fingerprint density at radius 1 is 1.33 bits per heavy atom. The summed E-state index contributed by atoms with van der Waals surface area (Å²) >= 11 is 6.61. The van der Waals surface area contributed by atoms with Crippen molar-refractivity contribution < 1.29 is 9.53 Å². The van der Waals surface area contributed by atoms with Crippen LogP contribution < -0.4 is 0 Å². The van der Waals surface area contributed by atoms with Crippen LogP contribution in [0.5, 0.6) is 0 Å². The maximum Gasteiger partial charge on any atom is 0.339 e. The van der Waals surface area contributed by atoms with Gasteiger partial charge in [0.2, 0.25) is 0 Å². The summed E-state index contributed by atoms with van der Waals surface area (Å²) in [5.41, 5.74) is 0.667. The Labute approximate surface area is 130 Å². The molecule has 0 aliphatic rings. The van der Waals surface area contributed by atoms with Crippen molar-refractivity contribution in [2.45, 2.75) is 13.3 Å². The quantitative estimate of drug-likeness (QED) is 0.328. The minimum Gasteiger partial charge on any atom is -0.462 e. The molecule has 82 valence electrons. The van der Waals surface area contributed by atoms with Crippen LogP contribution in [-0.2, 0) is 4.74 Å². The SMILES string of the molecule is CCCOC(=O)c1cc(I)cc(I)c1I. The van der Waals surface area contributed by atoms with Crippen molar-refractivity contribution in [3.8, 4) is 0 Å². The van der Waals surface area contributed by atoms with Crippen LogP contribution in [0.2, 0.25) is 0 Å². The molecule has 2 nitrogen and oxygen atoms in total. The van der Waals surface area contributed by atoms with E-state index in [0.29, 0.717) is 12.2 Å². The van der Waals surface area contributed by atoms with Gasteiger partial charge >= 0.3 is 5.97 Å². The third kappa shape index (κ3) is 3.99. The molecule has 5 heteroatoms. The van der Waals surface area contributed by atoms with Crippen LogP contribution in [0.3, 0.4) is 0 Å². The Bertz CT molecular complexity index is 377. The van der Waals surface area contributed by atoms with E-state index in [9.17, 15) is 4.79 Å². The highest BCUT2D eigenvalue weighted by molar-refractivity contribution is 14.1. The molecular weight excluding hydrogens is 533 g/mol. The second-order valence-corrected chi connectivity index (χ2v) is 6.37. The highest BCUT2D eigenvalue weighted by Gasteiger charge is 2.14. The largest absolute Gasteiger partial charge is 0.462 e. The summed E-state index contributed by atoms with van der Waals surface area (Å²) in [6, 6.07) is 3.90. The fraction of sp³-hybridized carbons (Fsp3) is 0.300. The number of rotatable bonds is 3. The average molecular weight is 542 g/mol. The molecule has 0 bridgehead atoms. The van der Waals surface area contributed by atoms with Gasteiger partial charge in [0.15, 0.2) is 0 Å². The van der Waals surface area contributed by atoms with E-state index in [4.69, 9.17) is 4.74 Å². The topological polar surface area (TPSA) is 26.3 Å². The van der Waals surface area contributed by atoms with E-state index < -0.39 is 0 Å². The highest BCUT2D eigenvalue weighted by Crippen LogP contribution is 2.23. The third-order valence-electron chi connectivity index (χ3n) is 1.65. The summed E-state index contributed by atoms with van der Waals surface area (Å²) in [5, 5.41) is 0. The van der Waals surface area contributed by atoms with E-state index >= 15 is 0 Å². The number of carbonyl (C=O) groups is 1. The smallest absolute Gasteiger partial charge is 0.339 e. The van der Waals surface area contributed by atoms with Crippen molar-refractivity contribution in [1.82, 2.24) is 0 Å². The minimum atomic E-state index is -0.224. The molecule has 1 aromatic carbocycles. The first-order valence-corrected chi connectivity index (χ1v) is 7.61. The van der Waals surface area contributed by atoms with Crippen molar-refractivity contribution >= 4 is 73.7 Å². The van der Waals surface area contributed by atoms with Gasteiger partial charge in [0.1, 0.15) is 0 Å². The number of carbonyl (C=O) groups excluding carboxylic acids is 1. The number of esters is 1. The lowest BCUT2D eigenvalue weighted by Gasteiger charge is -2.07. The fourth-order valence-corrected chi connectivity index (χ4v) is 3.35. The standard InChI is InChI=1S/C10H9I3O2/c1-2-3-15-10(14)7-4-6(11)5-8(12)9(7)13/h4-5H,2-3H2,1H3. The van der Waals surface area contributed by atoms with Gasteiger partial charge in [0.05, 0.1) is 12.2 Å². The lowest BCUT2D eigenvalue weighted by Crippen LogP contribution is -2.09. The molecule has 0 aliphatic carbocycles. The molecule has 0 aliphatic heterocycles. The predicted octanol–water partition coefficient (Wildman–Crippen LogP) is 4.07. The summed E-state index contributed by atoms with van der Waals surface area (Å²) in [5.74, 6) is -0.224. The van der Waals surface area contributed by atoms with Gasteiger partial charge in [-0.1, -0.05) is 6.92 Å². The van der Waals surface area contributed by atoms with E-state index in [2.05, 4.69) is 67.8 Å². The van der Waals surface area contributed by atoms with E-state index in [1.54, 1.807) is 0 Å². The van der Waals surface area contributed by atoms with Gasteiger partial charge in [-0.3, -0.25) is 0 Å². The number of hydrogen-bond donors (Lipinski definition) is 0. The Hall–Kier alpha value is 0.880. The lowest BCUT2D eigenvalue weighted by atomic mass is 10.2. The Morgan fingerprint density at radius 2 is 2.00 bits per heavy atom. The van der Waals surface area contributed by atoms with Crippen LogP contribution in [0.4, 0.5) is 0 Å². The first kappa shape index (κ1) is 13.9. The number of benzene rings is 1. The van der Waals surface area contributed by atoms with Crippen molar-refractivity contribution in [2.24, 2.45) is 0 Å². The molecule has 0 atom stereocenters. The second-order valence-electron chi connectivity index (χ2n) is 2.89. The maximum absolute atomic E-state index is 11.7. The maximum atomic E-state index is 11.7. The fourth-order valence-electron chi connectivity index (χ4n) is 0.977. The normalized spacial score (nSPS) is 10.1. The Kier molecular flexibility index (Phi) is 6.11. The summed E-state index contributed by atoms with van der Waals surface area (Å²) in [4.78, 5) is 11.7. The summed E-state index contributed by atoms with van der Waals surface area (Å²) in [7, 11) is 0. The zero-order chi connectivity index (χ0) is 11.4. The first-order chi connectivity index (χ1) is 7.06. The van der Waals surface area contributed by atoms with Gasteiger partial charge in [0, 0.05) is 10.7 Å². The molecule has 0 aromatic heterocycles. The molecule has 0 fully saturated rings. The van der Waals surface area contributed by atoms with Gasteiger partial charge in [-0.25, -0.2) is 4.79 Å². The van der Waals surface area contributed by atoms with Crippen molar-refractivity contribution in [1.29, 1.82) is 0 Å². The molecule has 15 heavy (non-hydrogen) atoms. The Morgan fingerprint density at radius 3 is 2.60 bits per heavy atom. The van der Waals surface area contributed by atoms with E-state index in [-0.39, 0.29) is 5.97 Å². The summed E-state index contributed by atoms with van der Waals surface area (Å²) in [6.07, 6.45) is 0.851. The van der Waals surface area contributed by atoms with Gasteiger partial charge in [-0.05, 0) is 86.3 Å². The van der Waals surface area contributed by atoms with Crippen LogP contribution in [0.15, 0.2) is 12.1 Å². The van der Waals surface area contributed by atoms with Gasteiger partial charge in [-0.15, -0.1) is 0 Å². The molecule has 0 N–H and O–H groups in total. The zero-order valence-corrected chi connectivity index (χ0v) is 14.5. The minimum absolute atomic E-state index is 0.224. The van der Waals surface area contributed by atoms with E-state index in [1.165, 1.54) is 0 Å². The molecule has 0 saturated carbocycles. The van der Waals surface area contributed by atoms with E-state index in [1.807, 2.05) is 19.1 Å². The van der Waals surface area contributed by atoms with Gasteiger partial charge < -0.3 is 4.74 Å². The molecule has 0 saturated heterocycles. The molecule has 1 rings (SSSR count). The van der Waals surface area contributed by atoms with Crippen molar-refractivity contribution in [2.75, 3.05) is 6.61 Å². The molecule has 0 heterocycles. The molecule has 1 aromatic rings. The zero-order valence-electron chi connectivity index (χ0n) is 8.02. The van der Waals surface area contributed by atoms with Crippen molar-refractivity contribution in [3.63, 3.8) is 0 Å². The molecule has 0 spiro atoms. The van der Waals surface area contributed by atoms with Crippen LogP contribution in [0, 0.1) is 10.7 Å². The van der Waals surface area contributed by atoms with E-state index in [0.717, 1.165) is 17.1 Å². The van der Waals surface area contributed by atoms with Crippen LogP contribution in [0.1, 0.15) is 23.7 Å². The number of hydrogen-bond acceptors (Lipinski definition) is 2. The predicted molar refractivity (Wildman–Crippen MR) is 85.2 cm³/mol. The Balaban J connectivity index is 2.98. The molecule has 0 unspecified atom stereocenters. The van der Waals surface area contributed by atoms with Gasteiger partial charge in [-0.2, -0.15) is 0 Å². The molecular formula is C10H9I3O2.